The van der Waals surface area contributed by atoms with Crippen LogP contribution in [0.1, 0.15) is 20.3 Å². The summed E-state index contributed by atoms with van der Waals surface area (Å²) in [6.07, 6.45) is 2.79. The molecule has 2 rings (SSSR count). The molecule has 0 amide bonds. The van der Waals surface area contributed by atoms with E-state index >= 15 is 0 Å². The molecule has 0 unspecified atom stereocenters. The molecule has 1 aromatic carbocycles. The molecular weight excluding hydrogens is 292 g/mol. The number of nitrogens with zero attached hydrogens (tertiary/aromatic N) is 1. The maximum Gasteiger partial charge on any atom is 0.305 e. The second-order valence-corrected chi connectivity index (χ2v) is 7.06. The molecule has 0 atom stereocenters. The van der Waals surface area contributed by atoms with Crippen molar-refractivity contribution in [2.75, 3.05) is 0 Å². The fourth-order valence-corrected chi connectivity index (χ4v) is 3.80. The van der Waals surface area contributed by atoms with Crippen LogP contribution < -0.4 is 4.72 Å². The van der Waals surface area contributed by atoms with Gasteiger partial charge in [0.05, 0.1) is 11.3 Å². The van der Waals surface area contributed by atoms with Crippen molar-refractivity contribution < 1.29 is 18.3 Å². The number of rotatable bonds is 5. The monoisotopic (exact) mass is 308 g/mol. The van der Waals surface area contributed by atoms with Crippen molar-refractivity contribution in [3.8, 4) is 0 Å². The van der Waals surface area contributed by atoms with Gasteiger partial charge in [-0.3, -0.25) is 9.78 Å². The summed E-state index contributed by atoms with van der Waals surface area (Å²) >= 11 is 0. The van der Waals surface area contributed by atoms with Crippen molar-refractivity contribution in [1.29, 1.82) is 0 Å². The van der Waals surface area contributed by atoms with E-state index in [1.54, 1.807) is 24.4 Å². The Bertz CT molecular complexity index is 779. The maximum atomic E-state index is 12.5. The van der Waals surface area contributed by atoms with E-state index in [2.05, 4.69) is 9.71 Å². The zero-order valence-electron chi connectivity index (χ0n) is 11.7. The number of sulfonamides is 1. The molecule has 0 aliphatic heterocycles. The van der Waals surface area contributed by atoms with Crippen molar-refractivity contribution in [3.63, 3.8) is 0 Å². The number of hydrogen-bond acceptors (Lipinski definition) is 4. The topological polar surface area (TPSA) is 96.4 Å². The Labute approximate surface area is 122 Å². The Balaban J connectivity index is 2.45. The summed E-state index contributed by atoms with van der Waals surface area (Å²) in [5.74, 6) is -1.06. The van der Waals surface area contributed by atoms with E-state index in [0.29, 0.717) is 10.8 Å². The minimum absolute atomic E-state index is 0.112. The molecular formula is C14H16N2O4S. The SMILES string of the molecule is CC(C)(CC(=O)O)NS(=O)(=O)c1cccc2cnccc12. The Kier molecular flexibility index (Phi) is 3.97. The third-order valence-electron chi connectivity index (χ3n) is 2.93. The van der Waals surface area contributed by atoms with Gasteiger partial charge in [-0.25, -0.2) is 13.1 Å². The molecule has 0 bridgehead atoms. The summed E-state index contributed by atoms with van der Waals surface area (Å²) in [6.45, 7) is 3.07. The van der Waals surface area contributed by atoms with Crippen molar-refractivity contribution in [3.05, 3.63) is 36.7 Å². The molecule has 0 radical (unpaired) electrons. The van der Waals surface area contributed by atoms with Gasteiger partial charge in [0.25, 0.3) is 0 Å². The first-order chi connectivity index (χ1) is 9.71. The molecule has 0 aliphatic rings. The summed E-state index contributed by atoms with van der Waals surface area (Å²) in [5, 5.41) is 10.1. The van der Waals surface area contributed by atoms with E-state index in [9.17, 15) is 13.2 Å². The van der Waals surface area contributed by atoms with Gasteiger partial charge in [-0.05, 0) is 26.0 Å². The number of hydrogen-bond donors (Lipinski definition) is 2. The van der Waals surface area contributed by atoms with E-state index in [-0.39, 0.29) is 11.3 Å². The van der Waals surface area contributed by atoms with E-state index in [0.717, 1.165) is 0 Å². The number of aliphatic carboxylic acids is 1. The summed E-state index contributed by atoms with van der Waals surface area (Å²) in [7, 11) is -3.83. The largest absolute Gasteiger partial charge is 0.481 e. The second kappa shape index (κ2) is 5.42. The van der Waals surface area contributed by atoms with E-state index in [1.165, 1.54) is 26.1 Å². The molecule has 112 valence electrons. The van der Waals surface area contributed by atoms with Crippen molar-refractivity contribution in [2.45, 2.75) is 30.7 Å². The zero-order valence-corrected chi connectivity index (χ0v) is 12.5. The molecule has 0 fully saturated rings. The smallest absolute Gasteiger partial charge is 0.305 e. The molecule has 0 saturated carbocycles. The summed E-state index contributed by atoms with van der Waals surface area (Å²) in [6, 6.07) is 6.50. The van der Waals surface area contributed by atoms with Crippen LogP contribution in [0.3, 0.4) is 0 Å². The molecule has 1 aromatic heterocycles. The fourth-order valence-electron chi connectivity index (χ4n) is 2.16. The van der Waals surface area contributed by atoms with Crippen LogP contribution in [-0.4, -0.2) is 30.0 Å². The highest BCUT2D eigenvalue weighted by Crippen LogP contribution is 2.23. The minimum atomic E-state index is -3.83. The number of carbonyl (C=O) groups is 1. The predicted octanol–water partition coefficient (Wildman–Crippen LogP) is 1.77. The highest BCUT2D eigenvalue weighted by atomic mass is 32.2. The number of carboxylic acid groups (broad SMARTS) is 1. The van der Waals surface area contributed by atoms with Crippen molar-refractivity contribution in [2.24, 2.45) is 0 Å². The van der Waals surface area contributed by atoms with Gasteiger partial charge >= 0.3 is 5.97 Å². The summed E-state index contributed by atoms with van der Waals surface area (Å²) in [5.41, 5.74) is -1.08. The molecule has 0 aliphatic carbocycles. The lowest BCUT2D eigenvalue weighted by Gasteiger charge is -2.24. The van der Waals surface area contributed by atoms with Gasteiger partial charge in [0.1, 0.15) is 0 Å². The molecule has 7 heteroatoms. The van der Waals surface area contributed by atoms with Crippen molar-refractivity contribution in [1.82, 2.24) is 9.71 Å². The second-order valence-electron chi connectivity index (χ2n) is 5.41. The predicted molar refractivity (Wildman–Crippen MR) is 78.4 cm³/mol. The van der Waals surface area contributed by atoms with Gasteiger partial charge in [0, 0.05) is 28.7 Å². The third kappa shape index (κ3) is 3.56. The van der Waals surface area contributed by atoms with E-state index in [1.807, 2.05) is 0 Å². The van der Waals surface area contributed by atoms with Gasteiger partial charge < -0.3 is 5.11 Å². The van der Waals surface area contributed by atoms with Crippen LogP contribution in [0, 0.1) is 0 Å². The van der Waals surface area contributed by atoms with E-state index in [4.69, 9.17) is 5.11 Å². The Morgan fingerprint density at radius 1 is 1.33 bits per heavy atom. The molecule has 1 heterocycles. The van der Waals surface area contributed by atoms with Crippen molar-refractivity contribution >= 4 is 26.8 Å². The molecule has 21 heavy (non-hydrogen) atoms. The van der Waals surface area contributed by atoms with Gasteiger partial charge in [-0.1, -0.05) is 12.1 Å². The minimum Gasteiger partial charge on any atom is -0.481 e. The first-order valence-electron chi connectivity index (χ1n) is 6.30. The lowest BCUT2D eigenvalue weighted by molar-refractivity contribution is -0.138. The maximum absolute atomic E-state index is 12.5. The number of aromatic nitrogens is 1. The highest BCUT2D eigenvalue weighted by Gasteiger charge is 2.29. The van der Waals surface area contributed by atoms with Gasteiger partial charge in [-0.2, -0.15) is 0 Å². The van der Waals surface area contributed by atoms with Crippen LogP contribution >= 0.6 is 0 Å². The van der Waals surface area contributed by atoms with Crippen LogP contribution in [-0.2, 0) is 14.8 Å². The lowest BCUT2D eigenvalue weighted by Crippen LogP contribution is -2.44. The fraction of sp³-hybridized carbons (Fsp3) is 0.286. The van der Waals surface area contributed by atoms with Crippen LogP contribution in [0.15, 0.2) is 41.6 Å². The quantitative estimate of drug-likeness (QED) is 0.877. The standard InChI is InChI=1S/C14H16N2O4S/c1-14(2,8-13(17)18)16-21(19,20)12-5-3-4-10-9-15-7-6-11(10)12/h3-7,9,16H,8H2,1-2H3,(H,17,18). The number of pyridine rings is 1. The number of nitrogens with one attached hydrogen (secondary N) is 1. The van der Waals surface area contributed by atoms with Gasteiger partial charge in [0.2, 0.25) is 10.0 Å². The third-order valence-corrected chi connectivity index (χ3v) is 4.69. The van der Waals surface area contributed by atoms with Crippen LogP contribution in [0.4, 0.5) is 0 Å². The Morgan fingerprint density at radius 3 is 2.71 bits per heavy atom. The first kappa shape index (κ1) is 15.4. The molecule has 0 spiro atoms. The first-order valence-corrected chi connectivity index (χ1v) is 7.78. The van der Waals surface area contributed by atoms with Crippen LogP contribution in [0.2, 0.25) is 0 Å². The Morgan fingerprint density at radius 2 is 2.05 bits per heavy atom. The van der Waals surface area contributed by atoms with Crippen LogP contribution in [0.5, 0.6) is 0 Å². The zero-order chi connectivity index (χ0) is 15.7. The van der Waals surface area contributed by atoms with Gasteiger partial charge in [-0.15, -0.1) is 0 Å². The lowest BCUT2D eigenvalue weighted by atomic mass is 10.0. The number of benzene rings is 1. The van der Waals surface area contributed by atoms with Crippen LogP contribution in [0.25, 0.3) is 10.8 Å². The number of fused-ring (bicyclic) bond motifs is 1. The summed E-state index contributed by atoms with van der Waals surface area (Å²) in [4.78, 5) is 14.9. The summed E-state index contributed by atoms with van der Waals surface area (Å²) < 4.78 is 27.5. The van der Waals surface area contributed by atoms with E-state index < -0.39 is 21.5 Å². The Hall–Kier alpha value is -1.99. The number of carboxylic acids is 1. The molecule has 2 N–H and O–H groups in total. The molecule has 0 saturated heterocycles. The van der Waals surface area contributed by atoms with Gasteiger partial charge in [0.15, 0.2) is 0 Å². The molecule has 2 aromatic rings. The average molecular weight is 308 g/mol. The normalized spacial score (nSPS) is 12.5. The highest BCUT2D eigenvalue weighted by molar-refractivity contribution is 7.89. The molecule has 6 nitrogen and oxygen atoms in total. The average Bonchev–Trinajstić information content (AvgIpc) is 2.35.